The van der Waals surface area contributed by atoms with Gasteiger partial charge in [0.2, 0.25) is 0 Å². The largest absolute Gasteiger partial charge is 0.321 e. The molecule has 0 bridgehead atoms. The highest BCUT2D eigenvalue weighted by molar-refractivity contribution is 7.20. The molecule has 0 unspecified atom stereocenters. The quantitative estimate of drug-likeness (QED) is 0.747. The van der Waals surface area contributed by atoms with E-state index in [2.05, 4.69) is 10.3 Å². The molecular weight excluding hydrogens is 357 g/mol. The maximum absolute atomic E-state index is 12.5. The molecule has 0 aliphatic carbocycles. The summed E-state index contributed by atoms with van der Waals surface area (Å²) in [7, 11) is 1.62. The minimum atomic E-state index is -0.328. The van der Waals surface area contributed by atoms with Crippen LogP contribution in [0, 0.1) is 6.92 Å². The number of hydrogen-bond donors (Lipinski definition) is 1. The van der Waals surface area contributed by atoms with Gasteiger partial charge in [-0.1, -0.05) is 23.2 Å². The van der Waals surface area contributed by atoms with E-state index in [0.717, 1.165) is 0 Å². The molecule has 2 heterocycles. The Morgan fingerprint density at radius 2 is 1.91 bits per heavy atom. The summed E-state index contributed by atoms with van der Waals surface area (Å²) in [5, 5.41) is 4.06. The number of carbonyl (C=O) groups excluding carboxylic acids is 1. The van der Waals surface area contributed by atoms with Crippen LogP contribution in [0.5, 0.6) is 0 Å². The molecule has 0 radical (unpaired) electrons. The third-order valence-corrected chi connectivity index (χ3v) is 4.97. The second-order valence-electron chi connectivity index (χ2n) is 5.01. The lowest BCUT2D eigenvalue weighted by molar-refractivity contribution is 0.103. The third-order valence-electron chi connectivity index (χ3n) is 3.34. The molecule has 0 aliphatic rings. The summed E-state index contributed by atoms with van der Waals surface area (Å²) < 4.78 is 1.39. The number of carbonyl (C=O) groups is 1. The first-order chi connectivity index (χ1) is 10.9. The molecular formula is C15H11Cl2N3O2S. The molecule has 1 amide bonds. The molecule has 23 heavy (non-hydrogen) atoms. The van der Waals surface area contributed by atoms with Crippen LogP contribution in [-0.4, -0.2) is 15.5 Å². The lowest BCUT2D eigenvalue weighted by Gasteiger charge is -2.05. The van der Waals surface area contributed by atoms with Gasteiger partial charge in [0.25, 0.3) is 11.5 Å². The van der Waals surface area contributed by atoms with Crippen molar-refractivity contribution in [3.63, 3.8) is 0 Å². The van der Waals surface area contributed by atoms with E-state index >= 15 is 0 Å². The standard InChI is InChI=1S/C15H11Cl2N3O2S/c1-7-11-14(18-6-20(2)15(11)22)23-12(7)13(21)19-10-4-8(16)3-9(17)5-10/h3-6H,1-2H3,(H,19,21). The Labute approximate surface area is 145 Å². The highest BCUT2D eigenvalue weighted by Crippen LogP contribution is 2.28. The molecule has 8 heteroatoms. The van der Waals surface area contributed by atoms with Crippen LogP contribution in [0.1, 0.15) is 15.2 Å². The van der Waals surface area contributed by atoms with Gasteiger partial charge >= 0.3 is 0 Å². The van der Waals surface area contributed by atoms with Crippen molar-refractivity contribution >= 4 is 56.3 Å². The maximum atomic E-state index is 12.5. The van der Waals surface area contributed by atoms with Gasteiger partial charge in [-0.15, -0.1) is 11.3 Å². The van der Waals surface area contributed by atoms with Crippen LogP contribution in [0.3, 0.4) is 0 Å². The average Bonchev–Trinajstić information content (AvgIpc) is 2.79. The first-order valence-electron chi connectivity index (χ1n) is 6.59. The van der Waals surface area contributed by atoms with Crippen molar-refractivity contribution in [1.82, 2.24) is 9.55 Å². The number of thiophene rings is 1. The van der Waals surface area contributed by atoms with Crippen molar-refractivity contribution in [3.05, 3.63) is 55.4 Å². The van der Waals surface area contributed by atoms with E-state index in [4.69, 9.17) is 23.2 Å². The minimum Gasteiger partial charge on any atom is -0.321 e. The predicted molar refractivity (Wildman–Crippen MR) is 94.0 cm³/mol. The lowest BCUT2D eigenvalue weighted by Crippen LogP contribution is -2.17. The smallest absolute Gasteiger partial charge is 0.266 e. The molecule has 3 aromatic rings. The average molecular weight is 368 g/mol. The lowest BCUT2D eigenvalue weighted by atomic mass is 10.2. The van der Waals surface area contributed by atoms with Crippen LogP contribution in [0.25, 0.3) is 10.2 Å². The van der Waals surface area contributed by atoms with Gasteiger partial charge in [0.1, 0.15) is 4.83 Å². The molecule has 3 rings (SSSR count). The van der Waals surface area contributed by atoms with Crippen molar-refractivity contribution in [1.29, 1.82) is 0 Å². The SMILES string of the molecule is Cc1c(C(=O)Nc2cc(Cl)cc(Cl)c2)sc2ncn(C)c(=O)c12. The third kappa shape index (κ3) is 2.97. The normalized spacial score (nSPS) is 11.0. The molecule has 1 N–H and O–H groups in total. The summed E-state index contributed by atoms with van der Waals surface area (Å²) >= 11 is 13.0. The highest BCUT2D eigenvalue weighted by atomic mass is 35.5. The Kier molecular flexibility index (Phi) is 4.14. The van der Waals surface area contributed by atoms with Gasteiger partial charge < -0.3 is 9.88 Å². The summed E-state index contributed by atoms with van der Waals surface area (Å²) in [5.41, 5.74) is 0.933. The molecule has 5 nitrogen and oxygen atoms in total. The van der Waals surface area contributed by atoms with Crippen molar-refractivity contribution in [3.8, 4) is 0 Å². The van der Waals surface area contributed by atoms with Gasteiger partial charge in [0.05, 0.1) is 16.6 Å². The number of anilines is 1. The number of nitrogens with one attached hydrogen (secondary N) is 1. The molecule has 0 atom stereocenters. The molecule has 0 saturated carbocycles. The van der Waals surface area contributed by atoms with E-state index in [9.17, 15) is 9.59 Å². The van der Waals surface area contributed by atoms with Crippen molar-refractivity contribution < 1.29 is 4.79 Å². The summed E-state index contributed by atoms with van der Waals surface area (Å²) in [5.74, 6) is -0.328. The molecule has 0 spiro atoms. The summed E-state index contributed by atoms with van der Waals surface area (Å²) in [6, 6.07) is 4.79. The fraction of sp³-hybridized carbons (Fsp3) is 0.133. The minimum absolute atomic E-state index is 0.173. The van der Waals surface area contributed by atoms with Crippen LogP contribution < -0.4 is 10.9 Å². The van der Waals surface area contributed by atoms with Crippen LogP contribution >= 0.6 is 34.5 Å². The van der Waals surface area contributed by atoms with Gasteiger partial charge in [0, 0.05) is 22.8 Å². The van der Waals surface area contributed by atoms with E-state index in [-0.39, 0.29) is 11.5 Å². The Balaban J connectivity index is 2.03. The Hall–Kier alpha value is -1.89. The number of halogens is 2. The van der Waals surface area contributed by atoms with E-state index in [0.29, 0.717) is 36.4 Å². The van der Waals surface area contributed by atoms with Gasteiger partial charge in [-0.2, -0.15) is 0 Å². The van der Waals surface area contributed by atoms with Gasteiger partial charge in [-0.25, -0.2) is 4.98 Å². The first kappa shape index (κ1) is 16.0. The Bertz CT molecular complexity index is 974. The van der Waals surface area contributed by atoms with E-state index < -0.39 is 0 Å². The number of amides is 1. The van der Waals surface area contributed by atoms with Crippen molar-refractivity contribution in [2.75, 3.05) is 5.32 Å². The van der Waals surface area contributed by atoms with E-state index in [1.54, 1.807) is 32.2 Å². The molecule has 118 valence electrons. The summed E-state index contributed by atoms with van der Waals surface area (Å²) in [4.78, 5) is 29.9. The second-order valence-corrected chi connectivity index (χ2v) is 6.88. The van der Waals surface area contributed by atoms with Crippen molar-refractivity contribution in [2.45, 2.75) is 6.92 Å². The zero-order chi connectivity index (χ0) is 16.7. The number of rotatable bonds is 2. The topological polar surface area (TPSA) is 64.0 Å². The summed E-state index contributed by atoms with van der Waals surface area (Å²) in [6.07, 6.45) is 1.44. The van der Waals surface area contributed by atoms with Crippen LogP contribution in [0.2, 0.25) is 10.0 Å². The van der Waals surface area contributed by atoms with Gasteiger partial charge in [-0.3, -0.25) is 9.59 Å². The number of aromatic nitrogens is 2. The number of hydrogen-bond acceptors (Lipinski definition) is 4. The summed E-state index contributed by atoms with van der Waals surface area (Å²) in [6.45, 7) is 1.74. The molecule has 0 fully saturated rings. The van der Waals surface area contributed by atoms with Crippen LogP contribution in [0.15, 0.2) is 29.3 Å². The van der Waals surface area contributed by atoms with E-state index in [1.807, 2.05) is 0 Å². The maximum Gasteiger partial charge on any atom is 0.266 e. The van der Waals surface area contributed by atoms with Gasteiger partial charge in [-0.05, 0) is 30.7 Å². The monoisotopic (exact) mass is 367 g/mol. The zero-order valence-electron chi connectivity index (χ0n) is 12.2. The molecule has 1 aromatic carbocycles. The number of fused-ring (bicyclic) bond motifs is 1. The predicted octanol–water partition coefficient (Wildman–Crippen LogP) is 3.86. The molecule has 2 aromatic heterocycles. The highest BCUT2D eigenvalue weighted by Gasteiger charge is 2.19. The first-order valence-corrected chi connectivity index (χ1v) is 8.16. The van der Waals surface area contributed by atoms with E-state index in [1.165, 1.54) is 22.2 Å². The zero-order valence-corrected chi connectivity index (χ0v) is 14.5. The van der Waals surface area contributed by atoms with Crippen LogP contribution in [-0.2, 0) is 7.05 Å². The molecule has 0 saturated heterocycles. The number of aryl methyl sites for hydroxylation is 2. The number of benzene rings is 1. The van der Waals surface area contributed by atoms with Crippen molar-refractivity contribution in [2.24, 2.45) is 7.05 Å². The molecule has 0 aliphatic heterocycles. The fourth-order valence-electron chi connectivity index (χ4n) is 2.24. The van der Waals surface area contributed by atoms with Crippen LogP contribution in [0.4, 0.5) is 5.69 Å². The second kappa shape index (κ2) is 5.96. The Morgan fingerprint density at radius 3 is 2.57 bits per heavy atom. The van der Waals surface area contributed by atoms with Gasteiger partial charge in [0.15, 0.2) is 0 Å². The Morgan fingerprint density at radius 1 is 1.26 bits per heavy atom. The number of nitrogens with zero attached hydrogens (tertiary/aromatic N) is 2. The fourth-order valence-corrected chi connectivity index (χ4v) is 3.80.